The van der Waals surface area contributed by atoms with Crippen LogP contribution in [0, 0.1) is 0 Å². The number of fused-ring (bicyclic) bond motifs is 1. The molecule has 2 atom stereocenters. The predicted molar refractivity (Wildman–Crippen MR) is 113 cm³/mol. The maximum Gasteiger partial charge on any atom is 0.346 e. The summed E-state index contributed by atoms with van der Waals surface area (Å²) in [6, 6.07) is 4.94. The van der Waals surface area contributed by atoms with Crippen molar-refractivity contribution in [3.05, 3.63) is 50.3 Å². The molecule has 2 aliphatic rings. The van der Waals surface area contributed by atoms with Crippen LogP contribution in [0.15, 0.2) is 24.3 Å². The van der Waals surface area contributed by atoms with Gasteiger partial charge >= 0.3 is 23.8 Å². The molecule has 1 aliphatic heterocycles. The normalized spacial score (nSPS) is 22.1. The summed E-state index contributed by atoms with van der Waals surface area (Å²) < 4.78 is 64.0. The van der Waals surface area contributed by atoms with Gasteiger partial charge < -0.3 is 9.47 Å². The number of carbonyl (C=O) groups is 2. The Morgan fingerprint density at radius 3 is 2.61 bits per heavy atom. The van der Waals surface area contributed by atoms with Gasteiger partial charge in [0.05, 0.1) is 16.5 Å². The molecule has 12 heteroatoms. The van der Waals surface area contributed by atoms with Crippen LogP contribution in [-0.4, -0.2) is 41.3 Å². The average molecular weight is 526 g/mol. The minimum absolute atomic E-state index is 0.0310. The fourth-order valence-electron chi connectivity index (χ4n) is 3.87. The van der Waals surface area contributed by atoms with E-state index in [1.54, 1.807) is 11.0 Å². The molecule has 178 valence electrons. The maximum absolute atomic E-state index is 13.8. The van der Waals surface area contributed by atoms with Crippen LogP contribution in [0.1, 0.15) is 35.4 Å². The molecule has 33 heavy (non-hydrogen) atoms. The van der Waals surface area contributed by atoms with E-state index in [-0.39, 0.29) is 22.2 Å². The number of esters is 2. The first-order valence-electron chi connectivity index (χ1n) is 9.85. The standard InChI is InChI=1S/C21H17Cl2F4NO4S/c1-10(29)31-16-7-11-9-28(6-5-14(11)33-16)18(12-3-2-4-13(22)17(12)23)19(30)32-15-8-20(24,25)21(15,26)27/h2-4,7,15,18H,5-6,8-9H2,1H3. The third-order valence-corrected chi connectivity index (χ3v) is 7.52. The van der Waals surface area contributed by atoms with Gasteiger partial charge in [-0.15, -0.1) is 11.3 Å². The van der Waals surface area contributed by atoms with Crippen LogP contribution in [0.5, 0.6) is 5.06 Å². The van der Waals surface area contributed by atoms with Crippen molar-refractivity contribution in [2.45, 2.75) is 50.3 Å². The Hall–Kier alpha value is -1.88. The maximum atomic E-state index is 13.8. The van der Waals surface area contributed by atoms with E-state index in [2.05, 4.69) is 0 Å². The number of halogens is 6. The van der Waals surface area contributed by atoms with Gasteiger partial charge in [-0.1, -0.05) is 35.3 Å². The molecule has 0 bridgehead atoms. The number of hydrogen-bond donors (Lipinski definition) is 0. The fraction of sp³-hybridized carbons (Fsp3) is 0.429. The van der Waals surface area contributed by atoms with Gasteiger partial charge in [0.2, 0.25) is 0 Å². The number of thiophene rings is 1. The highest BCUT2D eigenvalue weighted by atomic mass is 35.5. The van der Waals surface area contributed by atoms with E-state index in [0.29, 0.717) is 18.0 Å². The van der Waals surface area contributed by atoms with Crippen LogP contribution in [0.2, 0.25) is 10.0 Å². The lowest BCUT2D eigenvalue weighted by Crippen LogP contribution is -2.64. The Morgan fingerprint density at radius 2 is 1.97 bits per heavy atom. The zero-order valence-electron chi connectivity index (χ0n) is 17.0. The smallest absolute Gasteiger partial charge is 0.346 e. The van der Waals surface area contributed by atoms with Crippen molar-refractivity contribution in [3.63, 3.8) is 0 Å². The van der Waals surface area contributed by atoms with Crippen LogP contribution < -0.4 is 4.74 Å². The molecule has 1 aromatic heterocycles. The summed E-state index contributed by atoms with van der Waals surface area (Å²) in [5.41, 5.74) is 0.987. The van der Waals surface area contributed by atoms with Crippen LogP contribution in [0.3, 0.4) is 0 Å². The van der Waals surface area contributed by atoms with Gasteiger partial charge in [0.1, 0.15) is 6.04 Å². The van der Waals surface area contributed by atoms with Gasteiger partial charge in [-0.25, -0.2) is 4.79 Å². The molecule has 0 radical (unpaired) electrons. The summed E-state index contributed by atoms with van der Waals surface area (Å²) in [4.78, 5) is 26.9. The van der Waals surface area contributed by atoms with Crippen molar-refractivity contribution < 1.29 is 36.6 Å². The lowest BCUT2D eigenvalue weighted by atomic mass is 9.85. The molecular formula is C21H17Cl2F4NO4S. The predicted octanol–water partition coefficient (Wildman–Crippen LogP) is 5.67. The van der Waals surface area contributed by atoms with Crippen molar-refractivity contribution in [2.24, 2.45) is 0 Å². The Bertz CT molecular complexity index is 1110. The Balaban J connectivity index is 1.63. The molecule has 4 rings (SSSR count). The molecule has 1 aliphatic carbocycles. The molecular weight excluding hydrogens is 509 g/mol. The van der Waals surface area contributed by atoms with Gasteiger partial charge in [-0.3, -0.25) is 9.69 Å². The van der Waals surface area contributed by atoms with Crippen molar-refractivity contribution >= 4 is 46.5 Å². The first kappa shape index (κ1) is 24.3. The molecule has 0 spiro atoms. The van der Waals surface area contributed by atoms with E-state index in [1.165, 1.54) is 36.5 Å². The first-order chi connectivity index (χ1) is 15.4. The zero-order valence-corrected chi connectivity index (χ0v) is 19.4. The SMILES string of the molecule is CC(=O)Oc1cc2c(s1)CCN(C(C(=O)OC1CC(F)(F)C1(F)F)c1cccc(Cl)c1Cl)C2. The van der Waals surface area contributed by atoms with Crippen LogP contribution in [0.4, 0.5) is 17.6 Å². The number of hydrogen-bond acceptors (Lipinski definition) is 6. The molecule has 0 saturated heterocycles. The highest BCUT2D eigenvalue weighted by Crippen LogP contribution is 2.53. The van der Waals surface area contributed by atoms with Gasteiger partial charge in [0, 0.05) is 30.5 Å². The average Bonchev–Trinajstić information content (AvgIpc) is 3.11. The summed E-state index contributed by atoms with van der Waals surface area (Å²) in [5.74, 6) is -10.3. The molecule has 1 aromatic carbocycles. The molecule has 2 heterocycles. The number of carbonyl (C=O) groups excluding carboxylic acids is 2. The topological polar surface area (TPSA) is 55.8 Å². The van der Waals surface area contributed by atoms with Crippen molar-refractivity contribution in [2.75, 3.05) is 6.54 Å². The first-order valence-corrected chi connectivity index (χ1v) is 11.4. The van der Waals surface area contributed by atoms with Crippen molar-refractivity contribution in [3.8, 4) is 5.06 Å². The largest absolute Gasteiger partial charge is 0.454 e. The summed E-state index contributed by atoms with van der Waals surface area (Å²) >= 11 is 13.7. The summed E-state index contributed by atoms with van der Waals surface area (Å²) in [6.45, 7) is 1.78. The van der Waals surface area contributed by atoms with E-state index >= 15 is 0 Å². The number of benzene rings is 1. The molecule has 5 nitrogen and oxygen atoms in total. The molecule has 0 amide bonds. The third kappa shape index (κ3) is 4.45. The minimum Gasteiger partial charge on any atom is -0.454 e. The van der Waals surface area contributed by atoms with Gasteiger partial charge in [0.15, 0.2) is 11.2 Å². The molecule has 1 saturated carbocycles. The summed E-state index contributed by atoms with van der Waals surface area (Å²) in [5, 5.41) is 0.562. The Labute approximate surface area is 200 Å². The summed E-state index contributed by atoms with van der Waals surface area (Å²) in [6.07, 6.45) is -3.03. The second-order valence-electron chi connectivity index (χ2n) is 7.83. The number of ether oxygens (including phenoxy) is 2. The molecule has 1 fully saturated rings. The quantitative estimate of drug-likeness (QED) is 0.372. The highest BCUT2D eigenvalue weighted by Gasteiger charge is 2.74. The van der Waals surface area contributed by atoms with Crippen molar-refractivity contribution in [1.29, 1.82) is 0 Å². The van der Waals surface area contributed by atoms with E-state index in [0.717, 1.165) is 10.4 Å². The van der Waals surface area contributed by atoms with E-state index in [1.807, 2.05) is 0 Å². The van der Waals surface area contributed by atoms with Crippen LogP contribution >= 0.6 is 34.5 Å². The van der Waals surface area contributed by atoms with E-state index in [9.17, 15) is 27.2 Å². The zero-order chi connectivity index (χ0) is 24.1. The summed E-state index contributed by atoms with van der Waals surface area (Å²) in [7, 11) is 0. The van der Waals surface area contributed by atoms with Gasteiger partial charge in [0.25, 0.3) is 0 Å². The van der Waals surface area contributed by atoms with Gasteiger partial charge in [-0.2, -0.15) is 17.6 Å². The second kappa shape index (κ2) is 8.72. The van der Waals surface area contributed by atoms with Gasteiger partial charge in [-0.05, 0) is 24.1 Å². The minimum atomic E-state index is -4.45. The Morgan fingerprint density at radius 1 is 1.24 bits per heavy atom. The second-order valence-corrected chi connectivity index (χ2v) is 9.72. The van der Waals surface area contributed by atoms with E-state index in [4.69, 9.17) is 32.7 Å². The fourth-order valence-corrected chi connectivity index (χ4v) is 5.33. The number of nitrogens with zero attached hydrogens (tertiary/aromatic N) is 1. The molecule has 0 N–H and O–H groups in total. The Kier molecular flexibility index (Phi) is 6.41. The van der Waals surface area contributed by atoms with Crippen molar-refractivity contribution in [1.82, 2.24) is 4.90 Å². The van der Waals surface area contributed by atoms with Crippen LogP contribution in [0.25, 0.3) is 0 Å². The lowest BCUT2D eigenvalue weighted by Gasteiger charge is -2.43. The van der Waals surface area contributed by atoms with E-state index < -0.39 is 42.4 Å². The number of alkyl halides is 4. The highest BCUT2D eigenvalue weighted by molar-refractivity contribution is 7.14. The lowest BCUT2D eigenvalue weighted by molar-refractivity contribution is -0.334. The van der Waals surface area contributed by atoms with Crippen LogP contribution in [-0.2, 0) is 27.3 Å². The third-order valence-electron chi connectivity index (χ3n) is 5.57. The molecule has 2 aromatic rings. The number of rotatable bonds is 5. The molecule has 2 unspecified atom stereocenters. The monoisotopic (exact) mass is 525 g/mol.